The average molecular weight is 348 g/mol. The number of benzene rings is 1. The van der Waals surface area contributed by atoms with Gasteiger partial charge in [0, 0.05) is 42.4 Å². The molecule has 1 heterocycles. The van der Waals surface area contributed by atoms with Crippen LogP contribution in [-0.4, -0.2) is 29.2 Å². The second kappa shape index (κ2) is 7.38. The zero-order valence-corrected chi connectivity index (χ0v) is 15.4. The molecule has 6 heteroatoms. The maximum Gasteiger partial charge on any atom is 0.229 e. The molecule has 2 amide bonds. The van der Waals surface area contributed by atoms with Gasteiger partial charge in [-0.1, -0.05) is 32.5 Å². The maximum absolute atomic E-state index is 12.2. The molecule has 2 rings (SSSR count). The summed E-state index contributed by atoms with van der Waals surface area (Å²) in [6, 6.07) is 7.31. The molecule has 1 N–H and O–H groups in total. The molecular weight excluding hydrogens is 324 g/mol. The van der Waals surface area contributed by atoms with Gasteiger partial charge in [0.1, 0.15) is 0 Å². The summed E-state index contributed by atoms with van der Waals surface area (Å²) in [4.78, 5) is 37.0. The predicted molar refractivity (Wildman–Crippen MR) is 98.1 cm³/mol. The first-order valence-corrected chi connectivity index (χ1v) is 9.00. The second-order valence-corrected chi connectivity index (χ2v) is 8.33. The molecule has 5 nitrogen and oxygen atoms in total. The SMILES string of the molecule is CC(=O)SCC1CC(=O)N(c2ccc(NC(=O)C(C)(C)C)cc2)C1. The topological polar surface area (TPSA) is 66.5 Å². The number of hydrogen-bond acceptors (Lipinski definition) is 4. The molecule has 1 unspecified atom stereocenters. The van der Waals surface area contributed by atoms with Crippen LogP contribution in [0.3, 0.4) is 0 Å². The number of anilines is 2. The van der Waals surface area contributed by atoms with Crippen LogP contribution in [0.5, 0.6) is 0 Å². The van der Waals surface area contributed by atoms with Crippen molar-refractivity contribution < 1.29 is 14.4 Å². The fourth-order valence-corrected chi connectivity index (χ4v) is 3.11. The van der Waals surface area contributed by atoms with Crippen LogP contribution in [0.2, 0.25) is 0 Å². The normalized spacial score (nSPS) is 17.9. The maximum atomic E-state index is 12.2. The molecule has 1 fully saturated rings. The van der Waals surface area contributed by atoms with Gasteiger partial charge in [-0.15, -0.1) is 0 Å². The van der Waals surface area contributed by atoms with E-state index in [1.54, 1.807) is 11.8 Å². The highest BCUT2D eigenvalue weighted by atomic mass is 32.2. The zero-order chi connectivity index (χ0) is 17.9. The van der Waals surface area contributed by atoms with Crippen LogP contribution in [0, 0.1) is 11.3 Å². The molecule has 1 aromatic rings. The van der Waals surface area contributed by atoms with E-state index in [0.29, 0.717) is 24.4 Å². The molecule has 1 saturated heterocycles. The standard InChI is InChI=1S/C18H24N2O3S/c1-12(21)24-11-13-9-16(22)20(10-13)15-7-5-14(6-8-15)19-17(23)18(2,3)4/h5-8,13H,9-11H2,1-4H3,(H,19,23). The fourth-order valence-electron chi connectivity index (χ4n) is 2.42. The first kappa shape index (κ1) is 18.5. The number of hydrogen-bond donors (Lipinski definition) is 1. The van der Waals surface area contributed by atoms with Crippen LogP contribution in [0.15, 0.2) is 24.3 Å². The van der Waals surface area contributed by atoms with E-state index in [4.69, 9.17) is 0 Å². The Morgan fingerprint density at radius 3 is 2.42 bits per heavy atom. The van der Waals surface area contributed by atoms with Crippen molar-refractivity contribution in [2.24, 2.45) is 11.3 Å². The molecule has 0 radical (unpaired) electrons. The third kappa shape index (κ3) is 4.84. The predicted octanol–water partition coefficient (Wildman–Crippen LogP) is 3.30. The number of nitrogens with one attached hydrogen (secondary N) is 1. The Kier molecular flexibility index (Phi) is 5.70. The third-order valence-electron chi connectivity index (χ3n) is 3.85. The van der Waals surface area contributed by atoms with Gasteiger partial charge in [0.2, 0.25) is 11.8 Å². The lowest BCUT2D eigenvalue weighted by atomic mass is 9.95. The van der Waals surface area contributed by atoms with Crippen molar-refractivity contribution in [2.75, 3.05) is 22.5 Å². The Hall–Kier alpha value is -1.82. The molecule has 0 aliphatic carbocycles. The minimum Gasteiger partial charge on any atom is -0.326 e. The van der Waals surface area contributed by atoms with E-state index in [9.17, 15) is 14.4 Å². The summed E-state index contributed by atoms with van der Waals surface area (Å²) in [5.74, 6) is 0.910. The summed E-state index contributed by atoms with van der Waals surface area (Å²) in [5, 5.41) is 2.95. The molecule has 0 aromatic heterocycles. The largest absolute Gasteiger partial charge is 0.326 e. The molecule has 130 valence electrons. The van der Waals surface area contributed by atoms with Crippen LogP contribution in [-0.2, 0) is 14.4 Å². The van der Waals surface area contributed by atoms with E-state index >= 15 is 0 Å². The van der Waals surface area contributed by atoms with Crippen molar-refractivity contribution in [1.29, 1.82) is 0 Å². The van der Waals surface area contributed by atoms with Gasteiger partial charge in [-0.05, 0) is 30.2 Å². The number of rotatable bonds is 4. The smallest absolute Gasteiger partial charge is 0.229 e. The zero-order valence-electron chi connectivity index (χ0n) is 14.6. The average Bonchev–Trinajstić information content (AvgIpc) is 2.86. The van der Waals surface area contributed by atoms with Gasteiger partial charge in [0.15, 0.2) is 5.12 Å². The van der Waals surface area contributed by atoms with Gasteiger partial charge in [0.25, 0.3) is 0 Å². The van der Waals surface area contributed by atoms with Crippen LogP contribution in [0.4, 0.5) is 11.4 Å². The van der Waals surface area contributed by atoms with Crippen LogP contribution >= 0.6 is 11.8 Å². The van der Waals surface area contributed by atoms with E-state index < -0.39 is 5.41 Å². The summed E-state index contributed by atoms with van der Waals surface area (Å²) in [7, 11) is 0. The van der Waals surface area contributed by atoms with Crippen LogP contribution in [0.25, 0.3) is 0 Å². The molecule has 1 aromatic carbocycles. The summed E-state index contributed by atoms with van der Waals surface area (Å²) < 4.78 is 0. The Balaban J connectivity index is 1.99. The molecule has 1 aliphatic rings. The van der Waals surface area contributed by atoms with Gasteiger partial charge in [-0.3, -0.25) is 14.4 Å². The summed E-state index contributed by atoms with van der Waals surface area (Å²) in [5.41, 5.74) is 1.09. The Labute approximate surface area is 147 Å². The second-order valence-electron chi connectivity index (χ2n) is 7.13. The lowest BCUT2D eigenvalue weighted by molar-refractivity contribution is -0.123. The van der Waals surface area contributed by atoms with Crippen LogP contribution < -0.4 is 10.2 Å². The van der Waals surface area contributed by atoms with Crippen molar-refractivity contribution in [3.8, 4) is 0 Å². The molecule has 1 atom stereocenters. The summed E-state index contributed by atoms with van der Waals surface area (Å²) in [6.45, 7) is 7.76. The number of carbonyl (C=O) groups excluding carboxylic acids is 3. The van der Waals surface area contributed by atoms with Crippen molar-refractivity contribution >= 4 is 40.1 Å². The first-order chi connectivity index (χ1) is 11.2. The van der Waals surface area contributed by atoms with Crippen LogP contribution in [0.1, 0.15) is 34.1 Å². The van der Waals surface area contributed by atoms with Crippen molar-refractivity contribution in [2.45, 2.75) is 34.1 Å². The number of carbonyl (C=O) groups is 3. The summed E-state index contributed by atoms with van der Waals surface area (Å²) in [6.07, 6.45) is 0.475. The minimum atomic E-state index is -0.453. The fraction of sp³-hybridized carbons (Fsp3) is 0.500. The molecule has 0 saturated carbocycles. The van der Waals surface area contributed by atoms with Gasteiger partial charge in [-0.25, -0.2) is 0 Å². The lowest BCUT2D eigenvalue weighted by Gasteiger charge is -2.19. The van der Waals surface area contributed by atoms with E-state index in [1.165, 1.54) is 11.8 Å². The highest BCUT2D eigenvalue weighted by Crippen LogP contribution is 2.28. The number of thioether (sulfide) groups is 1. The highest BCUT2D eigenvalue weighted by Gasteiger charge is 2.30. The first-order valence-electron chi connectivity index (χ1n) is 8.02. The Morgan fingerprint density at radius 1 is 1.25 bits per heavy atom. The molecule has 0 spiro atoms. The Bertz CT molecular complexity index is 635. The van der Waals surface area contributed by atoms with Gasteiger partial charge < -0.3 is 10.2 Å². The summed E-state index contributed by atoms with van der Waals surface area (Å²) >= 11 is 1.27. The molecule has 0 bridgehead atoms. The van der Waals surface area contributed by atoms with E-state index in [2.05, 4.69) is 5.32 Å². The third-order valence-corrected chi connectivity index (χ3v) is 4.89. The van der Waals surface area contributed by atoms with E-state index in [0.717, 1.165) is 5.69 Å². The quantitative estimate of drug-likeness (QED) is 0.906. The van der Waals surface area contributed by atoms with Crippen molar-refractivity contribution in [1.82, 2.24) is 0 Å². The molecule has 1 aliphatic heterocycles. The monoisotopic (exact) mass is 348 g/mol. The number of amides is 2. The highest BCUT2D eigenvalue weighted by molar-refractivity contribution is 8.13. The molecule has 24 heavy (non-hydrogen) atoms. The van der Waals surface area contributed by atoms with Crippen molar-refractivity contribution in [3.63, 3.8) is 0 Å². The van der Waals surface area contributed by atoms with Gasteiger partial charge in [0.05, 0.1) is 0 Å². The van der Waals surface area contributed by atoms with Gasteiger partial charge in [-0.2, -0.15) is 0 Å². The van der Waals surface area contributed by atoms with Crippen molar-refractivity contribution in [3.05, 3.63) is 24.3 Å². The lowest BCUT2D eigenvalue weighted by Crippen LogP contribution is -2.27. The Morgan fingerprint density at radius 2 is 1.88 bits per heavy atom. The molecular formula is C18H24N2O3S. The van der Waals surface area contributed by atoms with E-state index in [-0.39, 0.29) is 22.8 Å². The van der Waals surface area contributed by atoms with Gasteiger partial charge >= 0.3 is 0 Å². The minimum absolute atomic E-state index is 0.0474. The number of nitrogens with zero attached hydrogens (tertiary/aromatic N) is 1. The van der Waals surface area contributed by atoms with E-state index in [1.807, 2.05) is 45.0 Å².